The van der Waals surface area contributed by atoms with Gasteiger partial charge < -0.3 is 15.8 Å². The highest BCUT2D eigenvalue weighted by Gasteiger charge is 2.06. The van der Waals surface area contributed by atoms with Gasteiger partial charge in [0.25, 0.3) is 0 Å². The Hall–Kier alpha value is -1.10. The number of anilines is 2. The number of nitrogens with one attached hydrogen (secondary N) is 1. The summed E-state index contributed by atoms with van der Waals surface area (Å²) in [6.45, 7) is 4.29. The quantitative estimate of drug-likeness (QED) is 0.799. The van der Waals surface area contributed by atoms with Crippen molar-refractivity contribution in [2.24, 2.45) is 0 Å². The highest BCUT2D eigenvalue weighted by molar-refractivity contribution is 7.99. The highest BCUT2D eigenvalue weighted by atomic mass is 32.2. The lowest BCUT2D eigenvalue weighted by atomic mass is 10.3. The fraction of sp³-hybridized carbons (Fsp3) is 0.545. The average Bonchev–Trinajstić information content (AvgIpc) is 2.29. The van der Waals surface area contributed by atoms with Crippen molar-refractivity contribution in [2.75, 3.05) is 29.7 Å². The number of nitrogens with two attached hydrogens (primary N) is 1. The van der Waals surface area contributed by atoms with E-state index >= 15 is 0 Å². The number of thioether (sulfide) groups is 1. The number of methoxy groups -OCH3 is 1. The fourth-order valence-corrected chi connectivity index (χ4v) is 1.96. The molecule has 0 spiro atoms. The summed E-state index contributed by atoms with van der Waals surface area (Å²) in [5, 5.41) is 3.31. The molecular formula is C11H19N3OS. The van der Waals surface area contributed by atoms with Crippen LogP contribution in [0.15, 0.2) is 12.1 Å². The molecule has 4 nitrogen and oxygen atoms in total. The molecule has 0 fully saturated rings. The Labute approximate surface area is 101 Å². The zero-order valence-corrected chi connectivity index (χ0v) is 10.8. The molecule has 1 atom stereocenters. The maximum absolute atomic E-state index is 5.69. The molecule has 1 rings (SSSR count). The molecule has 90 valence electrons. The summed E-state index contributed by atoms with van der Waals surface area (Å²) in [6.07, 6.45) is 0. The van der Waals surface area contributed by atoms with Crippen molar-refractivity contribution in [3.8, 4) is 5.88 Å². The molecule has 0 saturated heterocycles. The van der Waals surface area contributed by atoms with Crippen LogP contribution in [0.4, 0.5) is 11.5 Å². The average molecular weight is 241 g/mol. The van der Waals surface area contributed by atoms with Gasteiger partial charge in [-0.05, 0) is 24.8 Å². The number of rotatable bonds is 6. The van der Waals surface area contributed by atoms with Gasteiger partial charge in [-0.15, -0.1) is 0 Å². The topological polar surface area (TPSA) is 60.2 Å². The molecule has 0 aliphatic rings. The standard InChI is InChI=1S/C11H19N3OS/c1-4-16-7-8(2)13-10-6-5-9(12)11(14-10)15-3/h5-6,8H,4,7,12H2,1-3H3,(H,13,14). The number of hydrogen-bond donors (Lipinski definition) is 2. The molecule has 0 aliphatic heterocycles. The van der Waals surface area contributed by atoms with E-state index in [2.05, 4.69) is 24.1 Å². The van der Waals surface area contributed by atoms with E-state index in [9.17, 15) is 0 Å². The van der Waals surface area contributed by atoms with Crippen LogP contribution in [0.25, 0.3) is 0 Å². The second-order valence-electron chi connectivity index (χ2n) is 3.50. The van der Waals surface area contributed by atoms with Crippen molar-refractivity contribution in [3.05, 3.63) is 12.1 Å². The molecule has 1 unspecified atom stereocenters. The van der Waals surface area contributed by atoms with Crippen molar-refractivity contribution in [1.82, 2.24) is 4.98 Å². The third-order valence-corrected chi connectivity index (χ3v) is 3.19. The maximum atomic E-state index is 5.69. The second kappa shape index (κ2) is 6.48. The van der Waals surface area contributed by atoms with E-state index in [1.807, 2.05) is 17.8 Å². The summed E-state index contributed by atoms with van der Waals surface area (Å²) in [7, 11) is 1.57. The van der Waals surface area contributed by atoms with Gasteiger partial charge in [0.1, 0.15) is 5.82 Å². The van der Waals surface area contributed by atoms with E-state index in [1.54, 1.807) is 13.2 Å². The van der Waals surface area contributed by atoms with Gasteiger partial charge >= 0.3 is 0 Å². The molecule has 0 saturated carbocycles. The highest BCUT2D eigenvalue weighted by Crippen LogP contribution is 2.20. The van der Waals surface area contributed by atoms with Gasteiger partial charge in [-0.1, -0.05) is 6.92 Å². The molecule has 0 aliphatic carbocycles. The van der Waals surface area contributed by atoms with Crippen LogP contribution in [-0.2, 0) is 0 Å². The van der Waals surface area contributed by atoms with E-state index < -0.39 is 0 Å². The predicted molar refractivity (Wildman–Crippen MR) is 71.3 cm³/mol. The van der Waals surface area contributed by atoms with E-state index in [0.29, 0.717) is 17.6 Å². The van der Waals surface area contributed by atoms with E-state index in [1.165, 1.54) is 0 Å². The van der Waals surface area contributed by atoms with Crippen LogP contribution in [-0.4, -0.2) is 29.6 Å². The predicted octanol–water partition coefficient (Wildman–Crippen LogP) is 2.23. The van der Waals surface area contributed by atoms with Gasteiger partial charge in [0.2, 0.25) is 5.88 Å². The Morgan fingerprint density at radius 1 is 1.56 bits per heavy atom. The van der Waals surface area contributed by atoms with Crippen LogP contribution in [0.1, 0.15) is 13.8 Å². The van der Waals surface area contributed by atoms with Crippen LogP contribution in [0, 0.1) is 0 Å². The first-order chi connectivity index (χ1) is 7.67. The Balaban J connectivity index is 2.59. The lowest BCUT2D eigenvalue weighted by Crippen LogP contribution is -2.19. The Kier molecular flexibility index (Phi) is 5.25. The molecule has 1 heterocycles. The zero-order chi connectivity index (χ0) is 12.0. The normalized spacial score (nSPS) is 12.2. The number of pyridine rings is 1. The van der Waals surface area contributed by atoms with Gasteiger partial charge in [0.15, 0.2) is 0 Å². The third kappa shape index (κ3) is 3.81. The monoisotopic (exact) mass is 241 g/mol. The molecule has 1 aromatic rings. The van der Waals surface area contributed by atoms with Crippen molar-refractivity contribution in [3.63, 3.8) is 0 Å². The summed E-state index contributed by atoms with van der Waals surface area (Å²) in [4.78, 5) is 4.27. The molecule has 3 N–H and O–H groups in total. The smallest absolute Gasteiger partial charge is 0.238 e. The number of hydrogen-bond acceptors (Lipinski definition) is 5. The SMILES string of the molecule is CCSCC(C)Nc1ccc(N)c(OC)n1. The van der Waals surface area contributed by atoms with Gasteiger partial charge in [-0.3, -0.25) is 0 Å². The van der Waals surface area contributed by atoms with Gasteiger partial charge in [-0.25, -0.2) is 0 Å². The van der Waals surface area contributed by atoms with Gasteiger partial charge in [0.05, 0.1) is 12.8 Å². The molecule has 5 heteroatoms. The van der Waals surface area contributed by atoms with Crippen molar-refractivity contribution >= 4 is 23.3 Å². The van der Waals surface area contributed by atoms with Crippen LogP contribution in [0.2, 0.25) is 0 Å². The molecule has 0 aromatic carbocycles. The summed E-state index contributed by atoms with van der Waals surface area (Å²) in [6, 6.07) is 4.05. The van der Waals surface area contributed by atoms with Crippen molar-refractivity contribution < 1.29 is 4.74 Å². The molecule has 16 heavy (non-hydrogen) atoms. The summed E-state index contributed by atoms with van der Waals surface area (Å²) < 4.78 is 5.07. The minimum atomic E-state index is 0.380. The lowest BCUT2D eigenvalue weighted by Gasteiger charge is -2.14. The van der Waals surface area contributed by atoms with Crippen LogP contribution in [0.3, 0.4) is 0 Å². The largest absolute Gasteiger partial charge is 0.479 e. The summed E-state index contributed by atoms with van der Waals surface area (Å²) in [5.74, 6) is 3.46. The molecule has 1 aromatic heterocycles. The first kappa shape index (κ1) is 13.0. The number of nitrogen functional groups attached to an aromatic ring is 1. The Bertz CT molecular complexity index is 333. The summed E-state index contributed by atoms with van der Waals surface area (Å²) in [5.41, 5.74) is 6.25. The molecular weight excluding hydrogens is 222 g/mol. The second-order valence-corrected chi connectivity index (χ2v) is 4.82. The first-order valence-corrected chi connectivity index (χ1v) is 6.47. The Morgan fingerprint density at radius 3 is 2.94 bits per heavy atom. The fourth-order valence-electron chi connectivity index (χ4n) is 1.28. The van der Waals surface area contributed by atoms with E-state index in [0.717, 1.165) is 17.3 Å². The minimum Gasteiger partial charge on any atom is -0.479 e. The van der Waals surface area contributed by atoms with Crippen LogP contribution in [0.5, 0.6) is 5.88 Å². The van der Waals surface area contributed by atoms with E-state index in [-0.39, 0.29) is 0 Å². The first-order valence-electron chi connectivity index (χ1n) is 5.32. The van der Waals surface area contributed by atoms with Crippen LogP contribution >= 0.6 is 11.8 Å². The van der Waals surface area contributed by atoms with Gasteiger partial charge in [0, 0.05) is 11.8 Å². The van der Waals surface area contributed by atoms with Crippen molar-refractivity contribution in [1.29, 1.82) is 0 Å². The molecule has 0 radical (unpaired) electrons. The summed E-state index contributed by atoms with van der Waals surface area (Å²) >= 11 is 1.90. The van der Waals surface area contributed by atoms with Gasteiger partial charge in [-0.2, -0.15) is 16.7 Å². The van der Waals surface area contributed by atoms with Crippen LogP contribution < -0.4 is 15.8 Å². The van der Waals surface area contributed by atoms with Crippen molar-refractivity contribution in [2.45, 2.75) is 19.9 Å². The molecule has 0 amide bonds. The number of aromatic nitrogens is 1. The molecule has 0 bridgehead atoms. The maximum Gasteiger partial charge on any atom is 0.238 e. The zero-order valence-electron chi connectivity index (χ0n) is 9.99. The van der Waals surface area contributed by atoms with E-state index in [4.69, 9.17) is 10.5 Å². The lowest BCUT2D eigenvalue weighted by molar-refractivity contribution is 0.401. The number of nitrogens with zero attached hydrogens (tertiary/aromatic N) is 1. The minimum absolute atomic E-state index is 0.380. The Morgan fingerprint density at radius 2 is 2.31 bits per heavy atom. The third-order valence-electron chi connectivity index (χ3n) is 2.05. The number of ether oxygens (including phenoxy) is 1.